The Morgan fingerprint density at radius 1 is 0.850 bits per heavy atom. The Morgan fingerprint density at radius 2 is 1.40 bits per heavy atom. The Labute approximate surface area is 121 Å². The van der Waals surface area contributed by atoms with Gasteiger partial charge in [0, 0.05) is 22.2 Å². The second-order valence-electron chi connectivity index (χ2n) is 4.98. The molecule has 1 unspecified atom stereocenters. The van der Waals surface area contributed by atoms with E-state index in [-0.39, 0.29) is 11.1 Å². The SMILES string of the molecule is Cc1cc(Cl)c(C(O)c2cc(C)c(F)cc2F)cc1C. The van der Waals surface area contributed by atoms with Crippen molar-refractivity contribution in [1.82, 2.24) is 0 Å². The van der Waals surface area contributed by atoms with E-state index < -0.39 is 17.7 Å². The quantitative estimate of drug-likeness (QED) is 0.857. The number of aliphatic hydroxyl groups is 1. The van der Waals surface area contributed by atoms with Crippen LogP contribution in [0.1, 0.15) is 33.9 Å². The average molecular weight is 297 g/mol. The van der Waals surface area contributed by atoms with E-state index in [2.05, 4.69) is 0 Å². The Balaban J connectivity index is 2.54. The number of halogens is 3. The van der Waals surface area contributed by atoms with Gasteiger partial charge >= 0.3 is 0 Å². The van der Waals surface area contributed by atoms with Crippen LogP contribution < -0.4 is 0 Å². The fourth-order valence-electron chi connectivity index (χ4n) is 2.07. The number of hydrogen-bond donors (Lipinski definition) is 1. The van der Waals surface area contributed by atoms with Crippen molar-refractivity contribution in [2.75, 3.05) is 0 Å². The molecule has 106 valence electrons. The predicted molar refractivity (Wildman–Crippen MR) is 76.1 cm³/mol. The zero-order valence-electron chi connectivity index (χ0n) is 11.5. The highest BCUT2D eigenvalue weighted by molar-refractivity contribution is 6.31. The molecule has 0 radical (unpaired) electrons. The van der Waals surface area contributed by atoms with Gasteiger partial charge in [-0.05, 0) is 49.6 Å². The maximum absolute atomic E-state index is 13.8. The normalized spacial score (nSPS) is 12.6. The summed E-state index contributed by atoms with van der Waals surface area (Å²) >= 11 is 6.11. The Kier molecular flexibility index (Phi) is 4.11. The highest BCUT2D eigenvalue weighted by atomic mass is 35.5. The highest BCUT2D eigenvalue weighted by Crippen LogP contribution is 2.32. The molecule has 1 atom stereocenters. The van der Waals surface area contributed by atoms with E-state index in [9.17, 15) is 13.9 Å². The fraction of sp³-hybridized carbons (Fsp3) is 0.250. The van der Waals surface area contributed by atoms with Crippen LogP contribution in [0, 0.1) is 32.4 Å². The summed E-state index contributed by atoms with van der Waals surface area (Å²) in [6, 6.07) is 5.54. The second kappa shape index (κ2) is 5.51. The van der Waals surface area contributed by atoms with Gasteiger partial charge in [-0.25, -0.2) is 8.78 Å². The van der Waals surface area contributed by atoms with Crippen molar-refractivity contribution < 1.29 is 13.9 Å². The molecule has 4 heteroatoms. The van der Waals surface area contributed by atoms with E-state index in [4.69, 9.17) is 11.6 Å². The molecule has 0 fully saturated rings. The second-order valence-corrected chi connectivity index (χ2v) is 5.39. The van der Waals surface area contributed by atoms with Gasteiger partial charge in [-0.1, -0.05) is 17.7 Å². The molecule has 20 heavy (non-hydrogen) atoms. The highest BCUT2D eigenvalue weighted by Gasteiger charge is 2.20. The van der Waals surface area contributed by atoms with Crippen molar-refractivity contribution in [2.45, 2.75) is 26.9 Å². The molecule has 0 heterocycles. The Morgan fingerprint density at radius 3 is 2.05 bits per heavy atom. The molecule has 0 saturated heterocycles. The molecule has 2 aromatic rings. The van der Waals surface area contributed by atoms with E-state index in [0.29, 0.717) is 10.6 Å². The third-order valence-electron chi connectivity index (χ3n) is 3.48. The van der Waals surface area contributed by atoms with Crippen LogP contribution >= 0.6 is 11.6 Å². The van der Waals surface area contributed by atoms with Crippen LogP contribution in [-0.4, -0.2) is 5.11 Å². The lowest BCUT2D eigenvalue weighted by Crippen LogP contribution is -2.06. The van der Waals surface area contributed by atoms with Crippen LogP contribution in [0.25, 0.3) is 0 Å². The first-order chi connectivity index (χ1) is 9.31. The van der Waals surface area contributed by atoms with Gasteiger partial charge in [-0.15, -0.1) is 0 Å². The van der Waals surface area contributed by atoms with Gasteiger partial charge in [-0.2, -0.15) is 0 Å². The Hall–Kier alpha value is -1.45. The molecule has 0 amide bonds. The molecule has 2 rings (SSSR count). The smallest absolute Gasteiger partial charge is 0.132 e. The first kappa shape index (κ1) is 14.9. The summed E-state index contributed by atoms with van der Waals surface area (Å²) in [4.78, 5) is 0. The molecular weight excluding hydrogens is 282 g/mol. The number of aliphatic hydroxyl groups excluding tert-OH is 1. The first-order valence-corrected chi connectivity index (χ1v) is 6.59. The predicted octanol–water partition coefficient (Wildman–Crippen LogP) is 4.63. The van der Waals surface area contributed by atoms with Crippen molar-refractivity contribution in [3.8, 4) is 0 Å². The molecule has 0 aromatic heterocycles. The summed E-state index contributed by atoms with van der Waals surface area (Å²) in [6.45, 7) is 5.31. The van der Waals surface area contributed by atoms with Crippen LogP contribution in [0.2, 0.25) is 5.02 Å². The van der Waals surface area contributed by atoms with Gasteiger partial charge < -0.3 is 5.11 Å². The minimum absolute atomic E-state index is 0.0223. The standard InChI is InChI=1S/C16H15ClF2O/c1-8-4-11(13(17)6-9(8)2)16(20)12-5-10(3)14(18)7-15(12)19/h4-7,16,20H,1-3H3. The molecule has 0 aliphatic rings. The van der Waals surface area contributed by atoms with Crippen molar-refractivity contribution in [3.63, 3.8) is 0 Å². The summed E-state index contributed by atoms with van der Waals surface area (Å²) in [5.74, 6) is -1.42. The van der Waals surface area contributed by atoms with E-state index >= 15 is 0 Å². The van der Waals surface area contributed by atoms with Crippen LogP contribution in [-0.2, 0) is 0 Å². The van der Waals surface area contributed by atoms with Gasteiger partial charge in [0.25, 0.3) is 0 Å². The maximum atomic E-state index is 13.8. The largest absolute Gasteiger partial charge is 0.383 e. The number of rotatable bonds is 2. The molecule has 0 aliphatic carbocycles. The van der Waals surface area contributed by atoms with Gasteiger partial charge in [0.05, 0.1) is 0 Å². The lowest BCUT2D eigenvalue weighted by Gasteiger charge is -2.16. The van der Waals surface area contributed by atoms with Gasteiger partial charge in [-0.3, -0.25) is 0 Å². The van der Waals surface area contributed by atoms with E-state index in [1.54, 1.807) is 12.1 Å². The number of benzene rings is 2. The summed E-state index contributed by atoms with van der Waals surface area (Å²) in [7, 11) is 0. The van der Waals surface area contributed by atoms with E-state index in [1.807, 2.05) is 13.8 Å². The van der Waals surface area contributed by atoms with Crippen molar-refractivity contribution >= 4 is 11.6 Å². The van der Waals surface area contributed by atoms with Crippen LogP contribution in [0.5, 0.6) is 0 Å². The van der Waals surface area contributed by atoms with Crippen LogP contribution in [0.15, 0.2) is 24.3 Å². The summed E-state index contributed by atoms with van der Waals surface area (Å²) in [5, 5.41) is 10.7. The maximum Gasteiger partial charge on any atom is 0.132 e. The van der Waals surface area contributed by atoms with Crippen molar-refractivity contribution in [2.24, 2.45) is 0 Å². The minimum Gasteiger partial charge on any atom is -0.383 e. The molecule has 0 saturated carbocycles. The van der Waals surface area contributed by atoms with E-state index in [1.165, 1.54) is 13.0 Å². The van der Waals surface area contributed by atoms with Crippen LogP contribution in [0.4, 0.5) is 8.78 Å². The van der Waals surface area contributed by atoms with E-state index in [0.717, 1.165) is 17.2 Å². The number of aryl methyl sites for hydroxylation is 3. The fourth-order valence-corrected chi connectivity index (χ4v) is 2.39. The third kappa shape index (κ3) is 2.69. The lowest BCUT2D eigenvalue weighted by molar-refractivity contribution is 0.214. The molecule has 1 N–H and O–H groups in total. The first-order valence-electron chi connectivity index (χ1n) is 6.21. The average Bonchev–Trinajstić information content (AvgIpc) is 2.37. The summed E-state index contributed by atoms with van der Waals surface area (Å²) in [5.41, 5.74) is 2.65. The molecule has 0 spiro atoms. The monoisotopic (exact) mass is 296 g/mol. The van der Waals surface area contributed by atoms with Crippen molar-refractivity contribution in [3.05, 3.63) is 68.7 Å². The summed E-state index contributed by atoms with van der Waals surface area (Å²) in [6.07, 6.45) is -1.22. The van der Waals surface area contributed by atoms with Crippen LogP contribution in [0.3, 0.4) is 0 Å². The third-order valence-corrected chi connectivity index (χ3v) is 3.81. The minimum atomic E-state index is -1.22. The molecule has 0 bridgehead atoms. The topological polar surface area (TPSA) is 20.2 Å². The molecule has 1 nitrogen and oxygen atoms in total. The zero-order valence-corrected chi connectivity index (χ0v) is 12.2. The number of hydrogen-bond acceptors (Lipinski definition) is 1. The molecule has 0 aliphatic heterocycles. The van der Waals surface area contributed by atoms with Gasteiger partial charge in [0.15, 0.2) is 0 Å². The lowest BCUT2D eigenvalue weighted by atomic mass is 9.96. The molecule has 2 aromatic carbocycles. The van der Waals surface area contributed by atoms with Crippen molar-refractivity contribution in [1.29, 1.82) is 0 Å². The Bertz CT molecular complexity index is 611. The molecular formula is C16H15ClF2O. The van der Waals surface area contributed by atoms with Gasteiger partial charge in [0.2, 0.25) is 0 Å². The van der Waals surface area contributed by atoms with Gasteiger partial charge in [0.1, 0.15) is 17.7 Å². The zero-order chi connectivity index (χ0) is 15.0. The summed E-state index contributed by atoms with van der Waals surface area (Å²) < 4.78 is 27.1.